The zero-order chi connectivity index (χ0) is 14.7. The second kappa shape index (κ2) is 6.16. The molecule has 0 saturated heterocycles. The van der Waals surface area contributed by atoms with Crippen molar-refractivity contribution in [2.45, 2.75) is 10.8 Å². The lowest BCUT2D eigenvalue weighted by molar-refractivity contribution is -0.118. The first kappa shape index (κ1) is 14.7. The second-order valence-corrected chi connectivity index (χ2v) is 5.18. The normalized spacial score (nSPS) is 13.7. The van der Waals surface area contributed by atoms with Crippen LogP contribution in [0.5, 0.6) is 11.5 Å². The number of carbonyl (C=O) groups excluding carboxylic acids is 1. The first-order valence-electron chi connectivity index (χ1n) is 5.89. The fraction of sp³-hybridized carbons (Fsp3) is 0.133. The van der Waals surface area contributed by atoms with E-state index in [0.717, 1.165) is 0 Å². The molecule has 0 aliphatic heterocycles. The number of hydrogen-bond acceptors (Lipinski definition) is 3. The number of hydrogen-bond donors (Lipinski definition) is 2. The van der Waals surface area contributed by atoms with Gasteiger partial charge in [-0.3, -0.25) is 4.79 Å². The zero-order valence-electron chi connectivity index (χ0n) is 10.3. The van der Waals surface area contributed by atoms with Crippen LogP contribution in [0.4, 0.5) is 0 Å². The quantitative estimate of drug-likeness (QED) is 0.841. The Kier molecular flexibility index (Phi) is 4.53. The van der Waals surface area contributed by atoms with Crippen molar-refractivity contribution in [1.82, 2.24) is 0 Å². The lowest BCUT2D eigenvalue weighted by Gasteiger charge is -2.14. The molecule has 0 aliphatic rings. The minimum atomic E-state index is -0.896. The van der Waals surface area contributed by atoms with E-state index in [4.69, 9.17) is 23.2 Å². The van der Waals surface area contributed by atoms with Crippen molar-refractivity contribution in [3.05, 3.63) is 59.7 Å². The Morgan fingerprint density at radius 1 is 0.750 bits per heavy atom. The van der Waals surface area contributed by atoms with Crippen LogP contribution in [0, 0.1) is 0 Å². The summed E-state index contributed by atoms with van der Waals surface area (Å²) in [6.07, 6.45) is 0. The van der Waals surface area contributed by atoms with Gasteiger partial charge in [0.15, 0.2) is 5.78 Å². The number of Topliss-reactive ketones (excluding diaryl/α,β-unsaturated/α-hetero) is 1. The van der Waals surface area contributed by atoms with E-state index in [1.54, 1.807) is 24.3 Å². The Labute approximate surface area is 126 Å². The van der Waals surface area contributed by atoms with Crippen LogP contribution in [0.1, 0.15) is 21.9 Å². The van der Waals surface area contributed by atoms with E-state index < -0.39 is 10.8 Å². The predicted octanol–water partition coefficient (Wildman–Crippen LogP) is 3.93. The van der Waals surface area contributed by atoms with E-state index in [1.165, 1.54) is 24.3 Å². The van der Waals surface area contributed by atoms with E-state index in [-0.39, 0.29) is 17.3 Å². The highest BCUT2D eigenvalue weighted by Gasteiger charge is 2.26. The molecule has 2 rings (SSSR count). The number of benzene rings is 2. The van der Waals surface area contributed by atoms with E-state index >= 15 is 0 Å². The molecule has 0 radical (unpaired) electrons. The van der Waals surface area contributed by atoms with Gasteiger partial charge < -0.3 is 10.2 Å². The average Bonchev–Trinajstić information content (AvgIpc) is 2.46. The maximum absolute atomic E-state index is 12.2. The Bertz CT molecular complexity index is 540. The van der Waals surface area contributed by atoms with Gasteiger partial charge in [0.05, 0.1) is 0 Å². The molecule has 2 N–H and O–H groups in total. The highest BCUT2D eigenvalue weighted by atomic mass is 35.5. The third-order valence-electron chi connectivity index (χ3n) is 2.87. The van der Waals surface area contributed by atoms with Crippen molar-refractivity contribution in [2.24, 2.45) is 0 Å². The molecule has 0 fully saturated rings. The van der Waals surface area contributed by atoms with Crippen LogP contribution in [0.25, 0.3) is 0 Å². The van der Waals surface area contributed by atoms with Crippen LogP contribution in [0.2, 0.25) is 0 Å². The first-order chi connectivity index (χ1) is 9.49. The summed E-state index contributed by atoms with van der Waals surface area (Å²) in [4.78, 5) is 12.2. The molecule has 0 aromatic heterocycles. The van der Waals surface area contributed by atoms with E-state index in [9.17, 15) is 15.0 Å². The molecule has 2 aromatic rings. The molecule has 2 unspecified atom stereocenters. The van der Waals surface area contributed by atoms with E-state index in [0.29, 0.717) is 11.1 Å². The lowest BCUT2D eigenvalue weighted by atomic mass is 10.0. The summed E-state index contributed by atoms with van der Waals surface area (Å²) in [6, 6.07) is 12.1. The monoisotopic (exact) mass is 310 g/mol. The van der Waals surface area contributed by atoms with Gasteiger partial charge in [-0.25, -0.2) is 0 Å². The number of aromatic hydroxyl groups is 2. The van der Waals surface area contributed by atoms with E-state index in [2.05, 4.69) is 0 Å². The van der Waals surface area contributed by atoms with Crippen molar-refractivity contribution < 1.29 is 15.0 Å². The summed E-state index contributed by atoms with van der Waals surface area (Å²) in [6.45, 7) is 0. The van der Waals surface area contributed by atoms with Crippen LogP contribution in [-0.4, -0.2) is 16.0 Å². The summed E-state index contributed by atoms with van der Waals surface area (Å²) in [5.41, 5.74) is 1.14. The largest absolute Gasteiger partial charge is 0.508 e. The fourth-order valence-electron chi connectivity index (χ4n) is 1.74. The summed E-state index contributed by atoms with van der Waals surface area (Å²) in [5.74, 6) is -0.151. The fourth-order valence-corrected chi connectivity index (χ4v) is 2.35. The number of halogens is 2. The molecule has 2 aromatic carbocycles. The Balaban J connectivity index is 2.17. The minimum Gasteiger partial charge on any atom is -0.508 e. The molecule has 0 bridgehead atoms. The highest BCUT2D eigenvalue weighted by molar-refractivity contribution is 6.40. The van der Waals surface area contributed by atoms with Crippen molar-refractivity contribution in [1.29, 1.82) is 0 Å². The van der Waals surface area contributed by atoms with Crippen molar-refractivity contribution in [2.75, 3.05) is 0 Å². The molecular formula is C15H12Cl2O3. The first-order valence-corrected chi connectivity index (χ1v) is 6.76. The molecule has 0 aliphatic carbocycles. The summed E-state index contributed by atoms with van der Waals surface area (Å²) in [7, 11) is 0. The minimum absolute atomic E-state index is 0.103. The van der Waals surface area contributed by atoms with Gasteiger partial charge in [0, 0.05) is 0 Å². The van der Waals surface area contributed by atoms with Gasteiger partial charge >= 0.3 is 0 Å². The van der Waals surface area contributed by atoms with Crippen LogP contribution in [-0.2, 0) is 4.79 Å². The molecule has 0 amide bonds. The smallest absolute Gasteiger partial charge is 0.177 e. The van der Waals surface area contributed by atoms with Crippen LogP contribution < -0.4 is 0 Å². The van der Waals surface area contributed by atoms with Gasteiger partial charge in [-0.15, -0.1) is 23.2 Å². The maximum atomic E-state index is 12.2. The van der Waals surface area contributed by atoms with Gasteiger partial charge in [0.2, 0.25) is 0 Å². The topological polar surface area (TPSA) is 57.5 Å². The lowest BCUT2D eigenvalue weighted by Crippen LogP contribution is -2.13. The standard InChI is InChI=1S/C15H12Cl2O3/c16-13(9-1-5-11(18)6-2-9)15(20)14(17)10-3-7-12(19)8-4-10/h1-8,13-14,18-19H. The number of ketones is 1. The average molecular weight is 311 g/mol. The molecule has 0 spiro atoms. The van der Waals surface area contributed by atoms with Crippen LogP contribution in [0.15, 0.2) is 48.5 Å². The molecule has 2 atom stereocenters. The molecular weight excluding hydrogens is 299 g/mol. The number of carbonyl (C=O) groups is 1. The summed E-state index contributed by atoms with van der Waals surface area (Å²) in [5, 5.41) is 16.6. The van der Waals surface area contributed by atoms with Gasteiger partial charge in [-0.2, -0.15) is 0 Å². The molecule has 104 valence electrons. The Hall–Kier alpha value is -1.71. The molecule has 0 saturated carbocycles. The Morgan fingerprint density at radius 3 is 1.35 bits per heavy atom. The molecule has 20 heavy (non-hydrogen) atoms. The van der Waals surface area contributed by atoms with Gasteiger partial charge in [0.1, 0.15) is 22.3 Å². The number of alkyl halides is 2. The van der Waals surface area contributed by atoms with E-state index in [1.807, 2.05) is 0 Å². The van der Waals surface area contributed by atoms with Gasteiger partial charge in [-0.1, -0.05) is 24.3 Å². The van der Waals surface area contributed by atoms with Gasteiger partial charge in [0.25, 0.3) is 0 Å². The summed E-state index contributed by atoms with van der Waals surface area (Å²) >= 11 is 12.2. The SMILES string of the molecule is O=C(C(Cl)c1ccc(O)cc1)C(Cl)c1ccc(O)cc1. The molecule has 5 heteroatoms. The zero-order valence-corrected chi connectivity index (χ0v) is 11.8. The second-order valence-electron chi connectivity index (χ2n) is 4.31. The van der Waals surface area contributed by atoms with Crippen molar-refractivity contribution in [3.63, 3.8) is 0 Å². The van der Waals surface area contributed by atoms with Crippen LogP contribution in [0.3, 0.4) is 0 Å². The van der Waals surface area contributed by atoms with Crippen molar-refractivity contribution >= 4 is 29.0 Å². The predicted molar refractivity (Wildman–Crippen MR) is 78.4 cm³/mol. The molecule has 3 nitrogen and oxygen atoms in total. The van der Waals surface area contributed by atoms with Crippen molar-refractivity contribution in [3.8, 4) is 11.5 Å². The third kappa shape index (κ3) is 3.24. The summed E-state index contributed by atoms with van der Waals surface area (Å²) < 4.78 is 0. The third-order valence-corrected chi connectivity index (χ3v) is 3.81. The van der Waals surface area contributed by atoms with Gasteiger partial charge in [-0.05, 0) is 35.4 Å². The number of rotatable bonds is 4. The number of phenols is 2. The Morgan fingerprint density at radius 2 is 1.05 bits per heavy atom. The molecule has 0 heterocycles. The highest BCUT2D eigenvalue weighted by Crippen LogP contribution is 2.33. The maximum Gasteiger partial charge on any atom is 0.177 e. The van der Waals surface area contributed by atoms with Crippen LogP contribution >= 0.6 is 23.2 Å². The number of phenolic OH excluding ortho intramolecular Hbond substituents is 2.